The van der Waals surface area contributed by atoms with Crippen LogP contribution in [0.5, 0.6) is 0 Å². The van der Waals surface area contributed by atoms with Crippen LogP contribution in [0.3, 0.4) is 0 Å². The summed E-state index contributed by atoms with van der Waals surface area (Å²) in [6.07, 6.45) is 11.3. The molecule has 2 heterocycles. The van der Waals surface area contributed by atoms with Gasteiger partial charge in [-0.05, 0) is 43.5 Å². The van der Waals surface area contributed by atoms with Gasteiger partial charge in [0.05, 0.1) is 11.7 Å². The van der Waals surface area contributed by atoms with Crippen LogP contribution in [0.25, 0.3) is 0 Å². The van der Waals surface area contributed by atoms with E-state index in [0.717, 1.165) is 23.4 Å². The first-order valence-electron chi connectivity index (χ1n) is 7.94. The predicted octanol–water partition coefficient (Wildman–Crippen LogP) is 3.33. The second-order valence-corrected chi connectivity index (χ2v) is 6.12. The highest BCUT2D eigenvalue weighted by molar-refractivity contribution is 5.21. The van der Waals surface area contributed by atoms with Crippen molar-refractivity contribution in [2.24, 2.45) is 5.73 Å². The smallest absolute Gasteiger partial charge is 0.0643 e. The molecule has 0 radical (unpaired) electrons. The lowest BCUT2D eigenvalue weighted by Crippen LogP contribution is -2.16. The molecule has 112 valence electrons. The summed E-state index contributed by atoms with van der Waals surface area (Å²) in [6, 6.07) is 6.74. The molecule has 2 aromatic heterocycles. The van der Waals surface area contributed by atoms with Crippen molar-refractivity contribution in [1.29, 1.82) is 0 Å². The Hall–Kier alpha value is -1.68. The zero-order valence-electron chi connectivity index (χ0n) is 12.7. The lowest BCUT2D eigenvalue weighted by Gasteiger charge is -2.21. The Morgan fingerprint density at radius 2 is 2.10 bits per heavy atom. The molecule has 4 heteroatoms. The minimum atomic E-state index is -0.0126. The van der Waals surface area contributed by atoms with E-state index in [0.29, 0.717) is 6.04 Å². The molecule has 1 aliphatic carbocycles. The van der Waals surface area contributed by atoms with Gasteiger partial charge in [0.15, 0.2) is 0 Å². The van der Waals surface area contributed by atoms with Gasteiger partial charge < -0.3 is 5.73 Å². The third-order valence-corrected chi connectivity index (χ3v) is 4.39. The molecular formula is C17H24N4. The Morgan fingerprint density at radius 3 is 2.86 bits per heavy atom. The van der Waals surface area contributed by atoms with Crippen LogP contribution >= 0.6 is 0 Å². The molecule has 1 unspecified atom stereocenters. The molecule has 0 saturated heterocycles. The number of hydrogen-bond acceptors (Lipinski definition) is 3. The zero-order chi connectivity index (χ0) is 14.7. The van der Waals surface area contributed by atoms with Crippen LogP contribution in [0.2, 0.25) is 0 Å². The van der Waals surface area contributed by atoms with Crippen molar-refractivity contribution in [3.8, 4) is 0 Å². The topological polar surface area (TPSA) is 56.7 Å². The van der Waals surface area contributed by atoms with Crippen molar-refractivity contribution in [2.45, 2.75) is 57.5 Å². The molecule has 2 N–H and O–H groups in total. The SMILES string of the molecule is Cc1cc(C(N)Cc2ccn(C3CCCCC3)n2)ccn1. The van der Waals surface area contributed by atoms with Crippen molar-refractivity contribution in [1.82, 2.24) is 14.8 Å². The maximum absolute atomic E-state index is 6.31. The fourth-order valence-corrected chi connectivity index (χ4v) is 3.18. The number of nitrogens with zero attached hydrogens (tertiary/aromatic N) is 3. The summed E-state index contributed by atoms with van der Waals surface area (Å²) in [5.74, 6) is 0. The van der Waals surface area contributed by atoms with Crippen molar-refractivity contribution in [3.05, 3.63) is 47.5 Å². The van der Waals surface area contributed by atoms with E-state index in [1.165, 1.54) is 32.1 Å². The first-order chi connectivity index (χ1) is 10.2. The minimum absolute atomic E-state index is 0.0126. The summed E-state index contributed by atoms with van der Waals surface area (Å²) in [7, 11) is 0. The van der Waals surface area contributed by atoms with Crippen LogP contribution in [-0.4, -0.2) is 14.8 Å². The highest BCUT2D eigenvalue weighted by atomic mass is 15.3. The Kier molecular flexibility index (Phi) is 4.34. The third-order valence-electron chi connectivity index (χ3n) is 4.39. The maximum Gasteiger partial charge on any atom is 0.0643 e. The van der Waals surface area contributed by atoms with Crippen molar-refractivity contribution < 1.29 is 0 Å². The van der Waals surface area contributed by atoms with Gasteiger partial charge in [-0.3, -0.25) is 9.67 Å². The van der Waals surface area contributed by atoms with Crippen LogP contribution < -0.4 is 5.73 Å². The summed E-state index contributed by atoms with van der Waals surface area (Å²) >= 11 is 0. The van der Waals surface area contributed by atoms with E-state index >= 15 is 0 Å². The lowest BCUT2D eigenvalue weighted by molar-refractivity contribution is 0.328. The average Bonchev–Trinajstić information content (AvgIpc) is 2.97. The molecule has 0 bridgehead atoms. The van der Waals surface area contributed by atoms with Crippen LogP contribution in [0.4, 0.5) is 0 Å². The van der Waals surface area contributed by atoms with Crippen molar-refractivity contribution in [2.75, 3.05) is 0 Å². The molecule has 0 aliphatic heterocycles. The summed E-state index contributed by atoms with van der Waals surface area (Å²) in [4.78, 5) is 4.22. The molecule has 3 rings (SSSR count). The Bertz CT molecular complexity index is 584. The maximum atomic E-state index is 6.31. The molecule has 4 nitrogen and oxygen atoms in total. The largest absolute Gasteiger partial charge is 0.324 e. The summed E-state index contributed by atoms with van der Waals surface area (Å²) in [6.45, 7) is 1.99. The molecular weight excluding hydrogens is 260 g/mol. The van der Waals surface area contributed by atoms with Gasteiger partial charge in [-0.1, -0.05) is 19.3 Å². The first kappa shape index (κ1) is 14.3. The van der Waals surface area contributed by atoms with Crippen LogP contribution in [0.15, 0.2) is 30.6 Å². The number of aromatic nitrogens is 3. The number of nitrogens with two attached hydrogens (primary N) is 1. The quantitative estimate of drug-likeness (QED) is 0.937. The molecule has 0 aromatic carbocycles. The standard InChI is InChI=1S/C17H24N4/c1-13-11-14(7-9-19-13)17(18)12-15-8-10-21(20-15)16-5-3-2-4-6-16/h7-11,16-17H,2-6,12,18H2,1H3. The molecule has 1 atom stereocenters. The highest BCUT2D eigenvalue weighted by Crippen LogP contribution is 2.27. The number of rotatable bonds is 4. The third kappa shape index (κ3) is 3.50. The van der Waals surface area contributed by atoms with Crippen LogP contribution in [0, 0.1) is 6.92 Å². The summed E-state index contributed by atoms with van der Waals surface area (Å²) < 4.78 is 2.15. The van der Waals surface area contributed by atoms with Gasteiger partial charge in [0.2, 0.25) is 0 Å². The van der Waals surface area contributed by atoms with E-state index in [9.17, 15) is 0 Å². The summed E-state index contributed by atoms with van der Waals surface area (Å²) in [5, 5.41) is 4.74. The Labute approximate surface area is 126 Å². The molecule has 0 amide bonds. The van der Waals surface area contributed by atoms with Crippen molar-refractivity contribution in [3.63, 3.8) is 0 Å². The van der Waals surface area contributed by atoms with E-state index in [1.807, 2.05) is 19.2 Å². The normalized spacial score (nSPS) is 17.8. The lowest BCUT2D eigenvalue weighted by atomic mass is 9.96. The molecule has 2 aromatic rings. The van der Waals surface area contributed by atoms with Gasteiger partial charge in [0.25, 0.3) is 0 Å². The van der Waals surface area contributed by atoms with Crippen LogP contribution in [0.1, 0.15) is 61.1 Å². The van der Waals surface area contributed by atoms with E-state index < -0.39 is 0 Å². The monoisotopic (exact) mass is 284 g/mol. The Morgan fingerprint density at radius 1 is 1.29 bits per heavy atom. The highest BCUT2D eigenvalue weighted by Gasteiger charge is 2.17. The number of hydrogen-bond donors (Lipinski definition) is 1. The van der Waals surface area contributed by atoms with Gasteiger partial charge in [-0.2, -0.15) is 5.10 Å². The van der Waals surface area contributed by atoms with Gasteiger partial charge >= 0.3 is 0 Å². The van der Waals surface area contributed by atoms with Gasteiger partial charge in [-0.15, -0.1) is 0 Å². The second kappa shape index (κ2) is 6.39. The molecule has 1 saturated carbocycles. The molecule has 1 aliphatic rings. The van der Waals surface area contributed by atoms with E-state index in [4.69, 9.17) is 10.8 Å². The van der Waals surface area contributed by atoms with E-state index in [-0.39, 0.29) is 6.04 Å². The minimum Gasteiger partial charge on any atom is -0.324 e. The Balaban J connectivity index is 1.66. The number of pyridine rings is 1. The van der Waals surface area contributed by atoms with E-state index in [2.05, 4.69) is 28.0 Å². The average molecular weight is 284 g/mol. The number of aryl methyl sites for hydroxylation is 1. The predicted molar refractivity (Wildman–Crippen MR) is 84.0 cm³/mol. The van der Waals surface area contributed by atoms with E-state index in [1.54, 1.807) is 0 Å². The van der Waals surface area contributed by atoms with Crippen molar-refractivity contribution >= 4 is 0 Å². The molecule has 0 spiro atoms. The first-order valence-corrected chi connectivity index (χ1v) is 7.94. The second-order valence-electron chi connectivity index (χ2n) is 6.12. The zero-order valence-corrected chi connectivity index (χ0v) is 12.7. The fourth-order valence-electron chi connectivity index (χ4n) is 3.18. The van der Waals surface area contributed by atoms with Crippen LogP contribution in [-0.2, 0) is 6.42 Å². The van der Waals surface area contributed by atoms with Gasteiger partial charge in [0.1, 0.15) is 0 Å². The van der Waals surface area contributed by atoms with Gasteiger partial charge in [0, 0.05) is 30.6 Å². The summed E-state index contributed by atoms with van der Waals surface area (Å²) in [5.41, 5.74) is 9.54. The molecule has 21 heavy (non-hydrogen) atoms. The fraction of sp³-hybridized carbons (Fsp3) is 0.529. The van der Waals surface area contributed by atoms with Gasteiger partial charge in [-0.25, -0.2) is 0 Å². The molecule has 1 fully saturated rings.